The molecule has 1 aromatic heterocycles. The molecule has 1 aromatic carbocycles. The molecule has 31 heavy (non-hydrogen) atoms. The molecule has 0 bridgehead atoms. The second-order valence-electron chi connectivity index (χ2n) is 9.87. The SMILES string of the molecule is Cc1nc(C)c(-c2ccc([C@H]3CC[C@H](C(C(=O)O)C(C)(C)C)CC3)cc2)nc1C(N)=O. The van der Waals surface area contributed by atoms with Crippen molar-refractivity contribution in [3.05, 3.63) is 46.9 Å². The van der Waals surface area contributed by atoms with Crippen molar-refractivity contribution >= 4 is 11.9 Å². The summed E-state index contributed by atoms with van der Waals surface area (Å²) < 4.78 is 0. The van der Waals surface area contributed by atoms with Crippen LogP contribution in [0.1, 0.15) is 79.8 Å². The van der Waals surface area contributed by atoms with Crippen molar-refractivity contribution in [3.63, 3.8) is 0 Å². The molecule has 1 unspecified atom stereocenters. The van der Waals surface area contributed by atoms with Crippen molar-refractivity contribution in [2.24, 2.45) is 23.0 Å². The highest BCUT2D eigenvalue weighted by atomic mass is 16.4. The molecule has 0 aliphatic heterocycles. The van der Waals surface area contributed by atoms with Crippen molar-refractivity contribution in [1.29, 1.82) is 0 Å². The van der Waals surface area contributed by atoms with Crippen molar-refractivity contribution in [3.8, 4) is 11.3 Å². The van der Waals surface area contributed by atoms with Crippen LogP contribution >= 0.6 is 0 Å². The Morgan fingerprint density at radius 3 is 2.06 bits per heavy atom. The van der Waals surface area contributed by atoms with Crippen LogP contribution < -0.4 is 5.73 Å². The second-order valence-corrected chi connectivity index (χ2v) is 9.87. The first-order chi connectivity index (χ1) is 14.5. The van der Waals surface area contributed by atoms with Crippen LogP contribution in [0, 0.1) is 31.1 Å². The molecule has 1 aliphatic rings. The highest BCUT2D eigenvalue weighted by molar-refractivity contribution is 5.92. The van der Waals surface area contributed by atoms with E-state index >= 15 is 0 Å². The van der Waals surface area contributed by atoms with Crippen LogP contribution in [0.4, 0.5) is 0 Å². The summed E-state index contributed by atoms with van der Waals surface area (Å²) >= 11 is 0. The average Bonchev–Trinajstić information content (AvgIpc) is 2.67. The Balaban J connectivity index is 1.75. The zero-order valence-electron chi connectivity index (χ0n) is 19.1. The number of aryl methyl sites for hydroxylation is 2. The van der Waals surface area contributed by atoms with E-state index in [1.54, 1.807) is 6.92 Å². The van der Waals surface area contributed by atoms with Crippen molar-refractivity contribution in [2.75, 3.05) is 0 Å². The van der Waals surface area contributed by atoms with Crippen molar-refractivity contribution < 1.29 is 14.7 Å². The molecule has 3 N–H and O–H groups in total. The van der Waals surface area contributed by atoms with Gasteiger partial charge in [0, 0.05) is 5.56 Å². The van der Waals surface area contributed by atoms with Gasteiger partial charge in [-0.15, -0.1) is 0 Å². The van der Waals surface area contributed by atoms with E-state index in [1.165, 1.54) is 5.56 Å². The number of rotatable bonds is 5. The van der Waals surface area contributed by atoms with Gasteiger partial charge in [-0.1, -0.05) is 45.0 Å². The number of hydrogen-bond donors (Lipinski definition) is 2. The van der Waals surface area contributed by atoms with E-state index < -0.39 is 11.9 Å². The van der Waals surface area contributed by atoms with E-state index in [-0.39, 0.29) is 22.9 Å². The fraction of sp³-hybridized carbons (Fsp3) is 0.520. The lowest BCUT2D eigenvalue weighted by Gasteiger charge is -2.38. The lowest BCUT2D eigenvalue weighted by atomic mass is 9.66. The molecule has 1 aliphatic carbocycles. The van der Waals surface area contributed by atoms with E-state index in [0.717, 1.165) is 36.9 Å². The maximum Gasteiger partial charge on any atom is 0.307 e. The molecule has 0 saturated heterocycles. The molecule has 166 valence electrons. The molecule has 1 amide bonds. The lowest BCUT2D eigenvalue weighted by Crippen LogP contribution is -2.36. The summed E-state index contributed by atoms with van der Waals surface area (Å²) in [4.78, 5) is 32.4. The van der Waals surface area contributed by atoms with Crippen LogP contribution in [0.5, 0.6) is 0 Å². The number of carbonyl (C=O) groups excluding carboxylic acids is 1. The van der Waals surface area contributed by atoms with Gasteiger partial charge in [0.05, 0.1) is 23.0 Å². The summed E-state index contributed by atoms with van der Waals surface area (Å²) in [6.45, 7) is 9.68. The summed E-state index contributed by atoms with van der Waals surface area (Å²) in [6.07, 6.45) is 3.87. The molecule has 0 radical (unpaired) electrons. The molecule has 0 spiro atoms. The molecule has 3 rings (SSSR count). The third kappa shape index (κ3) is 4.94. The number of carbonyl (C=O) groups is 2. The van der Waals surface area contributed by atoms with Gasteiger partial charge >= 0.3 is 5.97 Å². The number of nitrogens with zero attached hydrogens (tertiary/aromatic N) is 2. The number of aliphatic carboxylic acids is 1. The van der Waals surface area contributed by atoms with Crippen molar-refractivity contribution in [1.82, 2.24) is 9.97 Å². The highest BCUT2D eigenvalue weighted by Crippen LogP contribution is 2.44. The Labute approximate surface area is 184 Å². The third-order valence-corrected chi connectivity index (χ3v) is 6.58. The summed E-state index contributed by atoms with van der Waals surface area (Å²) in [6, 6.07) is 8.27. The maximum absolute atomic E-state index is 11.8. The molecule has 6 nitrogen and oxygen atoms in total. The first-order valence-electron chi connectivity index (χ1n) is 11.0. The first kappa shape index (κ1) is 22.9. The van der Waals surface area contributed by atoms with Gasteiger partial charge in [-0.25, -0.2) is 4.98 Å². The van der Waals surface area contributed by atoms with E-state index in [4.69, 9.17) is 5.73 Å². The van der Waals surface area contributed by atoms with Crippen LogP contribution in [-0.4, -0.2) is 27.0 Å². The third-order valence-electron chi connectivity index (χ3n) is 6.58. The smallest absolute Gasteiger partial charge is 0.307 e. The van der Waals surface area contributed by atoms with Gasteiger partial charge in [0.25, 0.3) is 5.91 Å². The Morgan fingerprint density at radius 2 is 1.58 bits per heavy atom. The summed E-state index contributed by atoms with van der Waals surface area (Å²) in [7, 11) is 0. The van der Waals surface area contributed by atoms with Gasteiger partial charge in [0.1, 0.15) is 5.69 Å². The van der Waals surface area contributed by atoms with Crippen molar-refractivity contribution in [2.45, 2.75) is 66.2 Å². The number of amides is 1. The fourth-order valence-electron chi connectivity index (χ4n) is 5.12. The summed E-state index contributed by atoms with van der Waals surface area (Å²) in [5, 5.41) is 9.74. The van der Waals surface area contributed by atoms with Gasteiger partial charge in [-0.2, -0.15) is 0 Å². The minimum Gasteiger partial charge on any atom is -0.481 e. The maximum atomic E-state index is 11.8. The largest absolute Gasteiger partial charge is 0.481 e. The number of aromatic nitrogens is 2. The Bertz CT molecular complexity index is 969. The summed E-state index contributed by atoms with van der Waals surface area (Å²) in [5.41, 5.74) is 9.54. The number of nitrogens with two attached hydrogens (primary N) is 1. The fourth-order valence-corrected chi connectivity index (χ4v) is 5.12. The molecule has 1 saturated carbocycles. The summed E-state index contributed by atoms with van der Waals surface area (Å²) in [5.74, 6) is -0.894. The Kier molecular flexibility index (Phi) is 6.48. The molecular formula is C25H33N3O3. The van der Waals surface area contributed by atoms with E-state index in [2.05, 4.69) is 22.1 Å². The monoisotopic (exact) mass is 423 g/mol. The Morgan fingerprint density at radius 1 is 1.00 bits per heavy atom. The number of carboxylic acids is 1. The van der Waals surface area contributed by atoms with Gasteiger partial charge in [0.2, 0.25) is 0 Å². The normalized spacial score (nSPS) is 20.3. The zero-order chi connectivity index (χ0) is 22.9. The predicted octanol–water partition coefficient (Wildman–Crippen LogP) is 4.88. The molecular weight excluding hydrogens is 390 g/mol. The minimum absolute atomic E-state index is 0.204. The second kappa shape index (κ2) is 8.77. The first-order valence-corrected chi connectivity index (χ1v) is 11.0. The molecule has 1 heterocycles. The average molecular weight is 424 g/mol. The standard InChI is InChI=1S/C25H33N3O3/c1-14-21(28-22(23(26)29)15(2)27-14)19-12-8-17(9-13-19)16-6-10-18(11-7-16)20(24(30)31)25(3,4)5/h8-9,12-13,16,18,20H,6-7,10-11H2,1-5H3,(H2,26,29)(H,30,31)/t16-,18-,20?. The van der Waals surface area contributed by atoms with Gasteiger partial charge < -0.3 is 10.8 Å². The lowest BCUT2D eigenvalue weighted by molar-refractivity contribution is -0.149. The van der Waals surface area contributed by atoms with E-state index in [1.807, 2.05) is 39.8 Å². The number of hydrogen-bond acceptors (Lipinski definition) is 4. The van der Waals surface area contributed by atoms with Gasteiger partial charge in [-0.05, 0) is 62.3 Å². The quantitative estimate of drug-likeness (QED) is 0.713. The van der Waals surface area contributed by atoms with Crippen LogP contribution in [0.25, 0.3) is 11.3 Å². The molecule has 1 fully saturated rings. The van der Waals surface area contributed by atoms with Gasteiger partial charge in [-0.3, -0.25) is 14.6 Å². The number of primary amides is 1. The Hall–Kier alpha value is -2.76. The number of benzene rings is 1. The predicted molar refractivity (Wildman–Crippen MR) is 121 cm³/mol. The van der Waals surface area contributed by atoms with Gasteiger partial charge in [0.15, 0.2) is 0 Å². The van der Waals surface area contributed by atoms with Crippen LogP contribution in [-0.2, 0) is 4.79 Å². The minimum atomic E-state index is -0.676. The van der Waals surface area contributed by atoms with E-state index in [0.29, 0.717) is 17.3 Å². The highest BCUT2D eigenvalue weighted by Gasteiger charge is 2.39. The molecule has 2 aromatic rings. The van der Waals surface area contributed by atoms with Crippen LogP contribution in [0.3, 0.4) is 0 Å². The van der Waals surface area contributed by atoms with Crippen LogP contribution in [0.15, 0.2) is 24.3 Å². The van der Waals surface area contributed by atoms with Crippen LogP contribution in [0.2, 0.25) is 0 Å². The van der Waals surface area contributed by atoms with E-state index in [9.17, 15) is 14.7 Å². The topological polar surface area (TPSA) is 106 Å². The molecule has 1 atom stereocenters. The molecule has 6 heteroatoms. The zero-order valence-corrected chi connectivity index (χ0v) is 19.1. The number of carboxylic acid groups (broad SMARTS) is 1.